The molecular weight excluding hydrogens is 368 g/mol. The van der Waals surface area contributed by atoms with Crippen LogP contribution in [0.4, 0.5) is 5.82 Å². The van der Waals surface area contributed by atoms with Crippen molar-refractivity contribution in [3.63, 3.8) is 0 Å². The molecule has 8 heteroatoms. The number of pyridine rings is 1. The van der Waals surface area contributed by atoms with Gasteiger partial charge in [-0.2, -0.15) is 5.10 Å². The first-order chi connectivity index (χ1) is 14.1. The Bertz CT molecular complexity index is 1010. The molecule has 1 aliphatic rings. The quantitative estimate of drug-likeness (QED) is 0.641. The summed E-state index contributed by atoms with van der Waals surface area (Å²) in [5, 5.41) is 4.40. The minimum Gasteiger partial charge on any atom is -0.299 e. The number of rotatable bonds is 6. The predicted octanol–water partition coefficient (Wildman–Crippen LogP) is 2.37. The highest BCUT2D eigenvalue weighted by Gasteiger charge is 2.24. The van der Waals surface area contributed by atoms with Gasteiger partial charge in [-0.15, -0.1) is 0 Å². The number of hydrogen-bond donors (Lipinski definition) is 0. The average molecular weight is 390 g/mol. The first-order valence-corrected chi connectivity index (χ1v) is 9.67. The van der Waals surface area contributed by atoms with Crippen LogP contribution in [-0.4, -0.2) is 43.0 Å². The summed E-state index contributed by atoms with van der Waals surface area (Å²) < 4.78 is 1.86. The average Bonchev–Trinajstić information content (AvgIpc) is 3.13. The molecule has 4 heterocycles. The summed E-state index contributed by atoms with van der Waals surface area (Å²) in [5.41, 5.74) is 3.31. The molecule has 0 atom stereocenters. The largest absolute Gasteiger partial charge is 0.299 e. The summed E-state index contributed by atoms with van der Waals surface area (Å²) in [6.45, 7) is 3.42. The molecule has 0 unspecified atom stereocenters. The zero-order chi connectivity index (χ0) is 20.2. The third-order valence-electron chi connectivity index (χ3n) is 4.91. The Morgan fingerprint density at radius 3 is 2.66 bits per heavy atom. The van der Waals surface area contributed by atoms with Crippen molar-refractivity contribution in [1.29, 1.82) is 0 Å². The van der Waals surface area contributed by atoms with Crippen molar-refractivity contribution in [3.8, 4) is 11.3 Å². The van der Waals surface area contributed by atoms with E-state index >= 15 is 0 Å². The molecule has 0 spiro atoms. The van der Waals surface area contributed by atoms with Crippen molar-refractivity contribution < 1.29 is 9.59 Å². The lowest BCUT2D eigenvalue weighted by Gasteiger charge is -2.27. The molecule has 4 rings (SSSR count). The van der Waals surface area contributed by atoms with Crippen LogP contribution >= 0.6 is 0 Å². The van der Waals surface area contributed by atoms with Gasteiger partial charge in [0.1, 0.15) is 17.9 Å². The van der Waals surface area contributed by atoms with E-state index in [1.165, 1.54) is 6.33 Å². The summed E-state index contributed by atoms with van der Waals surface area (Å²) in [4.78, 5) is 39.1. The van der Waals surface area contributed by atoms with Crippen molar-refractivity contribution in [3.05, 3.63) is 54.4 Å². The van der Waals surface area contributed by atoms with Gasteiger partial charge in [-0.05, 0) is 25.0 Å². The van der Waals surface area contributed by atoms with E-state index in [2.05, 4.69) is 20.1 Å². The highest BCUT2D eigenvalue weighted by Crippen LogP contribution is 2.22. The van der Waals surface area contributed by atoms with E-state index < -0.39 is 0 Å². The number of hydrogen-bond acceptors (Lipinski definition) is 6. The van der Waals surface area contributed by atoms with Crippen molar-refractivity contribution in [2.45, 2.75) is 39.2 Å². The van der Waals surface area contributed by atoms with E-state index in [1.54, 1.807) is 23.5 Å². The maximum atomic E-state index is 12.6. The van der Waals surface area contributed by atoms with Gasteiger partial charge < -0.3 is 0 Å². The number of fused-ring (bicyclic) bond motifs is 1. The topological polar surface area (TPSA) is 93.9 Å². The van der Waals surface area contributed by atoms with E-state index in [1.807, 2.05) is 29.8 Å². The van der Waals surface area contributed by atoms with Gasteiger partial charge >= 0.3 is 0 Å². The Labute approximate surface area is 168 Å². The van der Waals surface area contributed by atoms with Crippen LogP contribution in [0.3, 0.4) is 0 Å². The molecule has 0 aliphatic carbocycles. The van der Waals surface area contributed by atoms with E-state index in [0.717, 1.165) is 41.3 Å². The van der Waals surface area contributed by atoms with Gasteiger partial charge in [-0.3, -0.25) is 19.5 Å². The second-order valence-corrected chi connectivity index (χ2v) is 7.16. The minimum atomic E-state index is -0.0308. The first-order valence-electron chi connectivity index (χ1n) is 9.67. The number of ketones is 1. The van der Waals surface area contributed by atoms with Crippen molar-refractivity contribution in [1.82, 2.24) is 24.7 Å². The van der Waals surface area contributed by atoms with Gasteiger partial charge in [0.05, 0.1) is 11.4 Å². The Morgan fingerprint density at radius 1 is 1.07 bits per heavy atom. The molecule has 1 aliphatic heterocycles. The predicted molar refractivity (Wildman–Crippen MR) is 107 cm³/mol. The smallest absolute Gasteiger partial charge is 0.228 e. The zero-order valence-electron chi connectivity index (χ0n) is 16.3. The van der Waals surface area contributed by atoms with Crippen LogP contribution in [0.15, 0.2) is 43.1 Å². The number of nitrogens with zero attached hydrogens (tertiary/aromatic N) is 6. The van der Waals surface area contributed by atoms with E-state index in [-0.39, 0.29) is 31.0 Å². The van der Waals surface area contributed by atoms with Crippen LogP contribution in [0, 0.1) is 6.92 Å². The Morgan fingerprint density at radius 2 is 1.90 bits per heavy atom. The molecule has 29 heavy (non-hydrogen) atoms. The second-order valence-electron chi connectivity index (χ2n) is 7.16. The maximum absolute atomic E-state index is 12.6. The van der Waals surface area contributed by atoms with Crippen molar-refractivity contribution in [2.24, 2.45) is 0 Å². The number of carbonyl (C=O) groups is 2. The summed E-state index contributed by atoms with van der Waals surface area (Å²) in [5.74, 6) is 0.824. The van der Waals surface area contributed by atoms with Crippen LogP contribution in [-0.2, 0) is 22.6 Å². The molecule has 0 radical (unpaired) electrons. The highest BCUT2D eigenvalue weighted by molar-refractivity contribution is 5.95. The van der Waals surface area contributed by atoms with E-state index in [0.29, 0.717) is 6.54 Å². The van der Waals surface area contributed by atoms with Gasteiger partial charge in [-0.1, -0.05) is 6.07 Å². The summed E-state index contributed by atoms with van der Waals surface area (Å²) in [7, 11) is 0. The summed E-state index contributed by atoms with van der Waals surface area (Å²) >= 11 is 0. The molecule has 3 aromatic heterocycles. The van der Waals surface area contributed by atoms with Gasteiger partial charge in [0.2, 0.25) is 5.91 Å². The number of aryl methyl sites for hydroxylation is 2. The lowest BCUT2D eigenvalue weighted by atomic mass is 10.1. The van der Waals surface area contributed by atoms with Gasteiger partial charge in [0.25, 0.3) is 0 Å². The molecular formula is C21H22N6O2. The molecule has 0 N–H and O–H groups in total. The molecule has 1 amide bonds. The molecule has 0 bridgehead atoms. The molecule has 0 saturated carbocycles. The Hall–Kier alpha value is -3.42. The van der Waals surface area contributed by atoms with Gasteiger partial charge in [-0.25, -0.2) is 14.6 Å². The summed E-state index contributed by atoms with van der Waals surface area (Å²) in [6, 6.07) is 5.65. The number of carbonyl (C=O) groups excluding carboxylic acids is 2. The molecule has 0 aromatic carbocycles. The van der Waals surface area contributed by atoms with Crippen molar-refractivity contribution in [2.75, 3.05) is 11.4 Å². The fourth-order valence-electron chi connectivity index (χ4n) is 3.49. The lowest BCUT2D eigenvalue weighted by molar-refractivity contribution is -0.123. The van der Waals surface area contributed by atoms with Crippen LogP contribution in [0.5, 0.6) is 0 Å². The summed E-state index contributed by atoms with van der Waals surface area (Å²) in [6.07, 6.45) is 8.11. The molecule has 0 saturated heterocycles. The number of Topliss-reactive ketones (excluding diaryl/α,β-unsaturated/α-hetero) is 1. The van der Waals surface area contributed by atoms with Gasteiger partial charge in [0.15, 0.2) is 0 Å². The van der Waals surface area contributed by atoms with Crippen LogP contribution in [0.25, 0.3) is 11.3 Å². The third kappa shape index (κ3) is 4.37. The van der Waals surface area contributed by atoms with Crippen LogP contribution in [0.1, 0.15) is 30.5 Å². The standard InChI is InChI=1S/C21H22N6O2/c1-15-9-20-26(7-2-8-27(20)25-15)21(29)6-4-18(28)10-16-3-5-19(24-11-16)17-12-22-14-23-13-17/h3,5,9,11-14H,2,4,6-8,10H2,1H3. The van der Waals surface area contributed by atoms with Crippen LogP contribution < -0.4 is 4.90 Å². The molecule has 8 nitrogen and oxygen atoms in total. The fourth-order valence-corrected chi connectivity index (χ4v) is 3.49. The first kappa shape index (κ1) is 18.9. The number of aromatic nitrogens is 5. The lowest BCUT2D eigenvalue weighted by Crippen LogP contribution is -2.37. The van der Waals surface area contributed by atoms with E-state index in [9.17, 15) is 9.59 Å². The normalized spacial score (nSPS) is 13.2. The minimum absolute atomic E-state index is 0.0256. The fraction of sp³-hybridized carbons (Fsp3) is 0.333. The SMILES string of the molecule is Cc1cc2n(n1)CCCN2C(=O)CCC(=O)Cc1ccc(-c2cncnc2)nc1. The maximum Gasteiger partial charge on any atom is 0.228 e. The molecule has 3 aromatic rings. The third-order valence-corrected chi connectivity index (χ3v) is 4.91. The van der Waals surface area contributed by atoms with E-state index in [4.69, 9.17) is 0 Å². The zero-order valence-corrected chi connectivity index (χ0v) is 16.3. The number of amides is 1. The van der Waals surface area contributed by atoms with Crippen LogP contribution in [0.2, 0.25) is 0 Å². The Kier molecular flexibility index (Phi) is 5.41. The second kappa shape index (κ2) is 8.30. The number of anilines is 1. The Balaban J connectivity index is 1.32. The molecule has 148 valence electrons. The van der Waals surface area contributed by atoms with Gasteiger partial charge in [0, 0.05) is 62.6 Å². The highest BCUT2D eigenvalue weighted by atomic mass is 16.2. The van der Waals surface area contributed by atoms with Crippen molar-refractivity contribution >= 4 is 17.5 Å². The monoisotopic (exact) mass is 390 g/mol. The molecule has 0 fully saturated rings.